The summed E-state index contributed by atoms with van der Waals surface area (Å²) in [7, 11) is 4.25. The summed E-state index contributed by atoms with van der Waals surface area (Å²) in [5.74, 6) is 0.717. The van der Waals surface area contributed by atoms with Crippen molar-refractivity contribution in [2.24, 2.45) is 0 Å². The Balaban J connectivity index is 1.14. The van der Waals surface area contributed by atoms with Crippen LogP contribution in [0.15, 0.2) is 91.0 Å². The normalized spacial score (nSPS) is 11.8. The molecule has 0 atom stereocenters. The number of aryl methyl sites for hydroxylation is 4. The molecule has 0 amide bonds. The Labute approximate surface area is 273 Å². The van der Waals surface area contributed by atoms with Crippen LogP contribution in [0, 0.1) is 27.7 Å². The van der Waals surface area contributed by atoms with Gasteiger partial charge in [0.25, 0.3) is 0 Å². The highest BCUT2D eigenvalue weighted by Gasteiger charge is 2.18. The minimum atomic E-state index is 0.345. The molecule has 5 heteroatoms. The average molecular weight is 612 g/mol. The summed E-state index contributed by atoms with van der Waals surface area (Å²) in [6.45, 7) is 11.6. The molecule has 0 unspecified atom stereocenters. The van der Waals surface area contributed by atoms with Gasteiger partial charge >= 0.3 is 0 Å². The number of aromatic nitrogens is 1. The van der Waals surface area contributed by atoms with Crippen LogP contribution in [-0.2, 0) is 13.0 Å². The molecule has 0 saturated heterocycles. The van der Waals surface area contributed by atoms with Gasteiger partial charge in [0.05, 0.1) is 16.7 Å². The lowest BCUT2D eigenvalue weighted by Crippen LogP contribution is -2.31. The fraction of sp³-hybridized carbons (Fsp3) is 0.268. The Bertz CT molecular complexity index is 1970. The van der Waals surface area contributed by atoms with E-state index >= 15 is 0 Å². The Morgan fingerprint density at radius 3 is 1.80 bits per heavy atom. The second-order valence-corrected chi connectivity index (χ2v) is 13.0. The first-order valence-corrected chi connectivity index (χ1v) is 16.2. The van der Waals surface area contributed by atoms with Gasteiger partial charge in [-0.15, -0.1) is 0 Å². The lowest BCUT2D eigenvalue weighted by Gasteiger charge is -2.24. The fourth-order valence-electron chi connectivity index (χ4n) is 6.92. The van der Waals surface area contributed by atoms with E-state index in [9.17, 15) is 10.2 Å². The lowest BCUT2D eigenvalue weighted by atomic mass is 9.92. The van der Waals surface area contributed by atoms with Gasteiger partial charge < -0.3 is 24.6 Å². The summed E-state index contributed by atoms with van der Waals surface area (Å²) in [5, 5.41) is 25.3. The van der Waals surface area contributed by atoms with Crippen molar-refractivity contribution in [3.05, 3.63) is 124 Å². The molecule has 0 aliphatic carbocycles. The molecule has 1 heterocycles. The van der Waals surface area contributed by atoms with Crippen LogP contribution < -0.4 is 0 Å². The third kappa shape index (κ3) is 6.13. The van der Waals surface area contributed by atoms with Crippen molar-refractivity contribution in [1.29, 1.82) is 0 Å². The summed E-state index contributed by atoms with van der Waals surface area (Å²) in [4.78, 5) is 4.58. The summed E-state index contributed by atoms with van der Waals surface area (Å²) in [6.07, 6.45) is 0.746. The monoisotopic (exact) mass is 611 g/mol. The number of hydrogen-bond acceptors (Lipinski definition) is 4. The third-order valence-corrected chi connectivity index (χ3v) is 9.28. The molecular formula is C41H45N3O2. The Hall–Kier alpha value is -4.58. The van der Waals surface area contributed by atoms with Gasteiger partial charge in [-0.05, 0) is 106 Å². The molecule has 2 N–H and O–H groups in total. The van der Waals surface area contributed by atoms with Gasteiger partial charge in [0.1, 0.15) is 11.5 Å². The van der Waals surface area contributed by atoms with E-state index in [1.807, 2.05) is 0 Å². The topological polar surface area (TPSA) is 51.9 Å². The van der Waals surface area contributed by atoms with Crippen LogP contribution in [0.4, 0.5) is 0 Å². The van der Waals surface area contributed by atoms with Crippen molar-refractivity contribution in [1.82, 2.24) is 14.4 Å². The van der Waals surface area contributed by atoms with Gasteiger partial charge in [0.15, 0.2) is 0 Å². The van der Waals surface area contributed by atoms with Gasteiger partial charge in [-0.1, -0.05) is 66.7 Å². The number of rotatable bonds is 10. The van der Waals surface area contributed by atoms with E-state index in [-0.39, 0.29) is 0 Å². The second-order valence-electron chi connectivity index (χ2n) is 13.0. The van der Waals surface area contributed by atoms with E-state index in [0.717, 1.165) is 76.2 Å². The molecule has 46 heavy (non-hydrogen) atoms. The first-order chi connectivity index (χ1) is 22.1. The molecule has 0 radical (unpaired) electrons. The van der Waals surface area contributed by atoms with Crippen LogP contribution in [0.2, 0.25) is 0 Å². The highest BCUT2D eigenvalue weighted by Crippen LogP contribution is 2.39. The molecule has 6 aromatic rings. The number of fused-ring (bicyclic) bond motifs is 3. The maximum atomic E-state index is 11.6. The zero-order valence-corrected chi connectivity index (χ0v) is 27.9. The summed E-state index contributed by atoms with van der Waals surface area (Å²) in [5.41, 5.74) is 11.6. The van der Waals surface area contributed by atoms with Gasteiger partial charge in [0, 0.05) is 48.1 Å². The summed E-state index contributed by atoms with van der Waals surface area (Å²) >= 11 is 0. The van der Waals surface area contributed by atoms with Gasteiger partial charge in [-0.2, -0.15) is 0 Å². The average Bonchev–Trinajstić information content (AvgIpc) is 3.36. The highest BCUT2D eigenvalue weighted by atomic mass is 16.3. The number of aromatic hydroxyl groups is 2. The minimum Gasteiger partial charge on any atom is -0.507 e. The zero-order chi connectivity index (χ0) is 32.5. The SMILES string of the molecule is Cc1cc(CN(C)CCN(C)CCc2cc(C)cc(-n3c4ccccc4c4ccccc43)c2O)c(O)c(-c2c(C)cccc2C)c1. The predicted molar refractivity (Wildman–Crippen MR) is 192 cm³/mol. The van der Waals surface area contributed by atoms with Crippen molar-refractivity contribution < 1.29 is 10.2 Å². The smallest absolute Gasteiger partial charge is 0.142 e. The molecule has 0 saturated carbocycles. The number of phenols is 2. The first kappa shape index (κ1) is 31.4. The van der Waals surface area contributed by atoms with Gasteiger partial charge in [-0.3, -0.25) is 0 Å². The molecule has 0 bridgehead atoms. The van der Waals surface area contributed by atoms with Gasteiger partial charge in [-0.25, -0.2) is 0 Å². The largest absolute Gasteiger partial charge is 0.507 e. The first-order valence-electron chi connectivity index (χ1n) is 16.2. The standard InChI is InChI=1S/C41H45N3O2/c1-27-23-32(40(45)35(24-27)39-29(3)12-11-13-30(39)4)26-43(6)21-20-42(5)19-18-31-22-28(2)25-38(41(31)46)44-36-16-9-7-14-33(36)34-15-8-10-17-37(34)44/h7-17,22-25,45-46H,18-21,26H2,1-6H3. The molecule has 0 aliphatic rings. The van der Waals surface area contributed by atoms with Crippen LogP contribution in [0.1, 0.15) is 33.4 Å². The molecule has 0 spiro atoms. The number of benzene rings is 5. The van der Waals surface area contributed by atoms with Crippen LogP contribution in [-0.4, -0.2) is 58.3 Å². The Kier molecular flexibility index (Phi) is 8.90. The molecule has 5 aromatic carbocycles. The number of phenolic OH excluding ortho intramolecular Hbond substituents is 2. The van der Waals surface area contributed by atoms with Crippen LogP contribution in [0.3, 0.4) is 0 Å². The number of hydrogen-bond donors (Lipinski definition) is 2. The Morgan fingerprint density at radius 2 is 1.15 bits per heavy atom. The molecule has 0 fully saturated rings. The second kappa shape index (κ2) is 13.0. The quantitative estimate of drug-likeness (QED) is 0.163. The minimum absolute atomic E-state index is 0.345. The van der Waals surface area contributed by atoms with Gasteiger partial charge in [0.2, 0.25) is 0 Å². The van der Waals surface area contributed by atoms with Crippen LogP contribution >= 0.6 is 0 Å². The number of nitrogens with zero attached hydrogens (tertiary/aromatic N) is 3. The van der Waals surface area contributed by atoms with Crippen LogP contribution in [0.5, 0.6) is 11.5 Å². The fourth-order valence-corrected chi connectivity index (χ4v) is 6.92. The predicted octanol–water partition coefficient (Wildman–Crippen LogP) is 8.70. The lowest BCUT2D eigenvalue weighted by molar-refractivity contribution is 0.251. The summed E-state index contributed by atoms with van der Waals surface area (Å²) in [6, 6.07) is 31.5. The molecule has 236 valence electrons. The van der Waals surface area contributed by atoms with E-state index in [1.165, 1.54) is 21.9 Å². The maximum absolute atomic E-state index is 11.6. The number of para-hydroxylation sites is 2. The molecule has 5 nitrogen and oxygen atoms in total. The van der Waals surface area contributed by atoms with Crippen LogP contribution in [0.25, 0.3) is 38.6 Å². The zero-order valence-electron chi connectivity index (χ0n) is 27.9. The van der Waals surface area contributed by atoms with E-state index in [4.69, 9.17) is 0 Å². The third-order valence-electron chi connectivity index (χ3n) is 9.28. The van der Waals surface area contributed by atoms with Crippen molar-refractivity contribution in [2.45, 2.75) is 40.7 Å². The Morgan fingerprint density at radius 1 is 0.587 bits per heavy atom. The highest BCUT2D eigenvalue weighted by molar-refractivity contribution is 6.09. The van der Waals surface area contributed by atoms with E-state index < -0.39 is 0 Å². The van der Waals surface area contributed by atoms with Crippen molar-refractivity contribution in [3.8, 4) is 28.3 Å². The van der Waals surface area contributed by atoms with Crippen molar-refractivity contribution >= 4 is 21.8 Å². The number of likely N-dealkylation sites (N-methyl/N-ethyl adjacent to an activating group) is 2. The van der Waals surface area contributed by atoms with E-state index in [1.54, 1.807) is 0 Å². The summed E-state index contributed by atoms with van der Waals surface area (Å²) < 4.78 is 2.20. The van der Waals surface area contributed by atoms with E-state index in [2.05, 4.69) is 147 Å². The maximum Gasteiger partial charge on any atom is 0.142 e. The molecule has 0 aliphatic heterocycles. The van der Waals surface area contributed by atoms with E-state index in [0.29, 0.717) is 18.0 Å². The molecule has 6 rings (SSSR count). The van der Waals surface area contributed by atoms with Crippen molar-refractivity contribution in [2.75, 3.05) is 33.7 Å². The van der Waals surface area contributed by atoms with Crippen molar-refractivity contribution in [3.63, 3.8) is 0 Å². The molecular weight excluding hydrogens is 566 g/mol. The molecule has 1 aromatic heterocycles.